The van der Waals surface area contributed by atoms with Crippen molar-refractivity contribution in [2.75, 3.05) is 17.8 Å². The molecule has 6 nitrogen and oxygen atoms in total. The first kappa shape index (κ1) is 12.0. The SMILES string of the molecule is Nc1cc2c(cc1NC(=O)NC1CCCC1)OCO2. The summed E-state index contributed by atoms with van der Waals surface area (Å²) in [6.45, 7) is 0.187. The van der Waals surface area contributed by atoms with Gasteiger partial charge in [-0.25, -0.2) is 4.79 Å². The molecule has 0 saturated heterocycles. The number of carbonyl (C=O) groups is 1. The molecule has 0 bridgehead atoms. The fourth-order valence-corrected chi connectivity index (χ4v) is 2.48. The highest BCUT2D eigenvalue weighted by Crippen LogP contribution is 2.38. The van der Waals surface area contributed by atoms with Gasteiger partial charge in [-0.3, -0.25) is 0 Å². The Balaban J connectivity index is 1.67. The maximum Gasteiger partial charge on any atom is 0.319 e. The van der Waals surface area contributed by atoms with Crippen molar-refractivity contribution in [2.45, 2.75) is 31.7 Å². The highest BCUT2D eigenvalue weighted by atomic mass is 16.7. The van der Waals surface area contributed by atoms with E-state index in [0.717, 1.165) is 12.8 Å². The lowest BCUT2D eigenvalue weighted by molar-refractivity contribution is 0.174. The van der Waals surface area contributed by atoms with Crippen LogP contribution in [0.5, 0.6) is 11.5 Å². The molecule has 0 spiro atoms. The van der Waals surface area contributed by atoms with Gasteiger partial charge in [0.1, 0.15) is 0 Å². The Morgan fingerprint density at radius 1 is 1.21 bits per heavy atom. The Kier molecular flexibility index (Phi) is 3.06. The average molecular weight is 263 g/mol. The Bertz CT molecular complexity index is 498. The summed E-state index contributed by atoms with van der Waals surface area (Å²) in [5.41, 5.74) is 6.88. The summed E-state index contributed by atoms with van der Waals surface area (Å²) in [4.78, 5) is 11.9. The molecule has 1 aromatic carbocycles. The number of nitrogens with one attached hydrogen (secondary N) is 2. The Hall–Kier alpha value is -2.11. The van der Waals surface area contributed by atoms with Crippen molar-refractivity contribution in [2.24, 2.45) is 0 Å². The van der Waals surface area contributed by atoms with E-state index in [4.69, 9.17) is 15.2 Å². The van der Waals surface area contributed by atoms with Crippen LogP contribution in [0.1, 0.15) is 25.7 Å². The second-order valence-electron chi connectivity index (χ2n) is 4.87. The van der Waals surface area contributed by atoms with E-state index in [2.05, 4.69) is 10.6 Å². The molecule has 19 heavy (non-hydrogen) atoms. The fourth-order valence-electron chi connectivity index (χ4n) is 2.48. The molecule has 1 aliphatic carbocycles. The van der Waals surface area contributed by atoms with Crippen molar-refractivity contribution in [1.82, 2.24) is 5.32 Å². The van der Waals surface area contributed by atoms with Crippen LogP contribution in [0.4, 0.5) is 16.2 Å². The standard InChI is InChI=1S/C13H17N3O3/c14-9-5-11-12(19-7-18-11)6-10(9)16-13(17)15-8-3-1-2-4-8/h5-6,8H,1-4,7,14H2,(H2,15,16,17). The lowest BCUT2D eigenvalue weighted by Gasteiger charge is -2.14. The van der Waals surface area contributed by atoms with E-state index in [9.17, 15) is 4.79 Å². The van der Waals surface area contributed by atoms with Gasteiger partial charge in [-0.15, -0.1) is 0 Å². The monoisotopic (exact) mass is 263 g/mol. The molecule has 4 N–H and O–H groups in total. The summed E-state index contributed by atoms with van der Waals surface area (Å²) in [7, 11) is 0. The minimum atomic E-state index is -0.225. The highest BCUT2D eigenvalue weighted by molar-refractivity contribution is 5.93. The number of hydrogen-bond donors (Lipinski definition) is 3. The molecule has 1 saturated carbocycles. The minimum Gasteiger partial charge on any atom is -0.454 e. The second-order valence-corrected chi connectivity index (χ2v) is 4.87. The van der Waals surface area contributed by atoms with Crippen LogP contribution in [0, 0.1) is 0 Å². The van der Waals surface area contributed by atoms with Gasteiger partial charge in [0.2, 0.25) is 6.79 Å². The van der Waals surface area contributed by atoms with Crippen LogP contribution >= 0.6 is 0 Å². The number of urea groups is 1. The van der Waals surface area contributed by atoms with Crippen LogP contribution in [-0.4, -0.2) is 18.9 Å². The quantitative estimate of drug-likeness (QED) is 0.713. The van der Waals surface area contributed by atoms with E-state index < -0.39 is 0 Å². The first-order valence-electron chi connectivity index (χ1n) is 6.49. The van der Waals surface area contributed by atoms with Gasteiger partial charge < -0.3 is 25.8 Å². The third-order valence-electron chi connectivity index (χ3n) is 3.48. The zero-order valence-corrected chi connectivity index (χ0v) is 10.6. The smallest absolute Gasteiger partial charge is 0.319 e. The van der Waals surface area contributed by atoms with Gasteiger partial charge in [0.05, 0.1) is 11.4 Å². The van der Waals surface area contributed by atoms with Crippen molar-refractivity contribution < 1.29 is 14.3 Å². The van der Waals surface area contributed by atoms with Gasteiger partial charge in [0.15, 0.2) is 11.5 Å². The molecule has 6 heteroatoms. The van der Waals surface area contributed by atoms with Gasteiger partial charge in [-0.2, -0.15) is 0 Å². The number of hydrogen-bond acceptors (Lipinski definition) is 4. The predicted octanol–water partition coefficient (Wildman–Crippen LogP) is 2.06. The number of rotatable bonds is 2. The predicted molar refractivity (Wildman–Crippen MR) is 71.4 cm³/mol. The topological polar surface area (TPSA) is 85.6 Å². The number of anilines is 2. The van der Waals surface area contributed by atoms with Crippen molar-refractivity contribution in [3.8, 4) is 11.5 Å². The van der Waals surface area contributed by atoms with E-state index in [1.165, 1.54) is 12.8 Å². The summed E-state index contributed by atoms with van der Waals surface area (Å²) >= 11 is 0. The van der Waals surface area contributed by atoms with Crippen molar-refractivity contribution in [3.63, 3.8) is 0 Å². The largest absolute Gasteiger partial charge is 0.454 e. The minimum absolute atomic E-state index is 0.187. The van der Waals surface area contributed by atoms with E-state index in [-0.39, 0.29) is 18.9 Å². The summed E-state index contributed by atoms with van der Waals surface area (Å²) < 4.78 is 10.5. The third-order valence-corrected chi connectivity index (χ3v) is 3.48. The van der Waals surface area contributed by atoms with E-state index in [1.54, 1.807) is 12.1 Å². The second kappa shape index (κ2) is 4.87. The molecule has 3 rings (SSSR count). The summed E-state index contributed by atoms with van der Waals surface area (Å²) in [5, 5.41) is 5.70. The summed E-state index contributed by atoms with van der Waals surface area (Å²) in [5.74, 6) is 1.21. The van der Waals surface area contributed by atoms with Crippen LogP contribution in [0.15, 0.2) is 12.1 Å². The van der Waals surface area contributed by atoms with Crippen LogP contribution in [0.25, 0.3) is 0 Å². The van der Waals surface area contributed by atoms with Gasteiger partial charge >= 0.3 is 6.03 Å². The van der Waals surface area contributed by atoms with E-state index in [0.29, 0.717) is 22.9 Å². The molecule has 2 amide bonds. The molecule has 0 aromatic heterocycles. The average Bonchev–Trinajstić information content (AvgIpc) is 3.00. The van der Waals surface area contributed by atoms with E-state index in [1.807, 2.05) is 0 Å². The van der Waals surface area contributed by atoms with Gasteiger partial charge in [0.25, 0.3) is 0 Å². The van der Waals surface area contributed by atoms with Gasteiger partial charge in [0, 0.05) is 18.2 Å². The Labute approximate surface area is 111 Å². The van der Waals surface area contributed by atoms with Crippen LogP contribution in [-0.2, 0) is 0 Å². The lowest BCUT2D eigenvalue weighted by Crippen LogP contribution is -2.36. The molecular weight excluding hydrogens is 246 g/mol. The molecule has 1 aliphatic heterocycles. The number of benzene rings is 1. The molecule has 2 aliphatic rings. The van der Waals surface area contributed by atoms with Crippen LogP contribution in [0.3, 0.4) is 0 Å². The number of nitrogens with two attached hydrogens (primary N) is 1. The number of amides is 2. The fraction of sp³-hybridized carbons (Fsp3) is 0.462. The number of fused-ring (bicyclic) bond motifs is 1. The molecule has 0 unspecified atom stereocenters. The highest BCUT2D eigenvalue weighted by Gasteiger charge is 2.19. The maximum absolute atomic E-state index is 11.9. The number of carbonyl (C=O) groups excluding carboxylic acids is 1. The number of nitrogen functional groups attached to an aromatic ring is 1. The van der Waals surface area contributed by atoms with Gasteiger partial charge in [-0.05, 0) is 12.8 Å². The summed E-state index contributed by atoms with van der Waals surface area (Å²) in [6, 6.07) is 3.40. The van der Waals surface area contributed by atoms with Crippen molar-refractivity contribution in [3.05, 3.63) is 12.1 Å². The van der Waals surface area contributed by atoms with Gasteiger partial charge in [-0.1, -0.05) is 12.8 Å². The van der Waals surface area contributed by atoms with E-state index >= 15 is 0 Å². The molecule has 1 fully saturated rings. The normalized spacial score (nSPS) is 17.5. The lowest BCUT2D eigenvalue weighted by atomic mass is 10.2. The van der Waals surface area contributed by atoms with Crippen LogP contribution in [0.2, 0.25) is 0 Å². The Morgan fingerprint density at radius 2 is 1.89 bits per heavy atom. The van der Waals surface area contributed by atoms with Crippen LogP contribution < -0.4 is 25.8 Å². The molecule has 0 atom stereocenters. The molecule has 1 heterocycles. The molecular formula is C13H17N3O3. The number of ether oxygens (including phenoxy) is 2. The zero-order valence-electron chi connectivity index (χ0n) is 10.6. The molecule has 1 aromatic rings. The van der Waals surface area contributed by atoms with Crippen molar-refractivity contribution in [1.29, 1.82) is 0 Å². The molecule has 0 radical (unpaired) electrons. The van der Waals surface area contributed by atoms with Crippen molar-refractivity contribution >= 4 is 17.4 Å². The zero-order chi connectivity index (χ0) is 13.2. The first-order valence-corrected chi connectivity index (χ1v) is 6.49. The molecule has 102 valence electrons. The third kappa shape index (κ3) is 2.52. The first-order chi connectivity index (χ1) is 9.22. The maximum atomic E-state index is 11.9. The Morgan fingerprint density at radius 3 is 2.63 bits per heavy atom. The summed E-state index contributed by atoms with van der Waals surface area (Å²) in [6.07, 6.45) is 4.45.